The van der Waals surface area contributed by atoms with Gasteiger partial charge in [0.15, 0.2) is 11.6 Å². The average Bonchev–Trinajstić information content (AvgIpc) is 2.29. The molecule has 0 radical (unpaired) electrons. The summed E-state index contributed by atoms with van der Waals surface area (Å²) in [4.78, 5) is 16.1. The Bertz CT molecular complexity index is 506. The third-order valence-electron chi connectivity index (χ3n) is 1.33. The molecule has 10 heteroatoms. The van der Waals surface area contributed by atoms with E-state index in [1.165, 1.54) is 0 Å². The molecule has 0 N–H and O–H groups in total. The molecular formula is C8H6N4O4PtS. The molecule has 98 valence electrons. The van der Waals surface area contributed by atoms with E-state index in [1.54, 1.807) is 36.9 Å². The van der Waals surface area contributed by atoms with Gasteiger partial charge in [0, 0.05) is 35.2 Å². The van der Waals surface area contributed by atoms with Gasteiger partial charge < -0.3 is 9.11 Å². The monoisotopic (exact) mass is 449 g/mol. The Morgan fingerprint density at radius 1 is 0.778 bits per heavy atom. The number of aromatic nitrogens is 4. The van der Waals surface area contributed by atoms with Crippen molar-refractivity contribution in [3.05, 3.63) is 36.9 Å². The number of rotatable bonds is 1. The van der Waals surface area contributed by atoms with E-state index in [0.29, 0.717) is 11.6 Å². The van der Waals surface area contributed by atoms with Crippen molar-refractivity contribution >= 4 is 10.4 Å². The fraction of sp³-hybridized carbons (Fsp3) is 0. The first kappa shape index (κ1) is 16.7. The van der Waals surface area contributed by atoms with E-state index in [0.717, 1.165) is 0 Å². The maximum absolute atomic E-state index is 8.52. The maximum Gasteiger partial charge on any atom is 2.00 e. The molecule has 8 nitrogen and oxygen atoms in total. The third kappa shape index (κ3) is 7.91. The fourth-order valence-electron chi connectivity index (χ4n) is 0.829. The summed E-state index contributed by atoms with van der Waals surface area (Å²) in [6.07, 6.45) is 6.66. The normalized spacial score (nSPS) is 9.67. The zero-order chi connectivity index (χ0) is 12.7. The molecule has 0 aromatic carbocycles. The minimum atomic E-state index is -5.17. The molecule has 0 spiro atoms. The zero-order valence-electron chi connectivity index (χ0n) is 8.61. The molecule has 2 rings (SSSR count). The second kappa shape index (κ2) is 7.93. The molecule has 0 saturated carbocycles. The van der Waals surface area contributed by atoms with Gasteiger partial charge in [-0.1, -0.05) is 0 Å². The largest absolute Gasteiger partial charge is 2.00 e. The first-order chi connectivity index (χ1) is 7.97. The summed E-state index contributed by atoms with van der Waals surface area (Å²) in [7, 11) is -5.17. The van der Waals surface area contributed by atoms with Crippen LogP contribution in [0.3, 0.4) is 0 Å². The van der Waals surface area contributed by atoms with E-state index in [-0.39, 0.29) is 21.1 Å². The number of nitrogens with zero attached hydrogens (tertiary/aromatic N) is 4. The van der Waals surface area contributed by atoms with E-state index in [2.05, 4.69) is 19.9 Å². The molecule has 2 aromatic rings. The molecule has 0 fully saturated rings. The maximum atomic E-state index is 8.52. The van der Waals surface area contributed by atoms with Crippen molar-refractivity contribution in [1.82, 2.24) is 19.9 Å². The second-order valence-corrected chi connectivity index (χ2v) is 3.37. The van der Waals surface area contributed by atoms with Gasteiger partial charge in [-0.15, -0.1) is 0 Å². The Kier molecular flexibility index (Phi) is 7.37. The Balaban J connectivity index is 0.000000421. The van der Waals surface area contributed by atoms with Crippen LogP contribution >= 0.6 is 0 Å². The molecule has 2 heterocycles. The van der Waals surface area contributed by atoms with Crippen LogP contribution in [0.25, 0.3) is 11.6 Å². The molecule has 0 bridgehead atoms. The van der Waals surface area contributed by atoms with E-state index >= 15 is 0 Å². The minimum absolute atomic E-state index is 0. The molecule has 18 heavy (non-hydrogen) atoms. The van der Waals surface area contributed by atoms with Crippen LogP contribution in [0.2, 0.25) is 0 Å². The smallest absolute Gasteiger partial charge is 0.759 e. The topological polar surface area (TPSA) is 132 Å². The van der Waals surface area contributed by atoms with Crippen LogP contribution in [0.4, 0.5) is 0 Å². The molecule has 0 saturated heterocycles. The van der Waals surface area contributed by atoms with Gasteiger partial charge in [0.05, 0.1) is 0 Å². The van der Waals surface area contributed by atoms with Crippen molar-refractivity contribution in [3.8, 4) is 11.6 Å². The van der Waals surface area contributed by atoms with Gasteiger partial charge in [0.25, 0.3) is 0 Å². The molecule has 0 atom stereocenters. The summed E-state index contributed by atoms with van der Waals surface area (Å²) in [5.74, 6) is 1.11. The van der Waals surface area contributed by atoms with Crippen molar-refractivity contribution < 1.29 is 38.6 Å². The summed E-state index contributed by atoms with van der Waals surface area (Å²) < 4.78 is 34.1. The van der Waals surface area contributed by atoms with Gasteiger partial charge in [-0.25, -0.2) is 19.9 Å². The van der Waals surface area contributed by atoms with Gasteiger partial charge in [-0.2, -0.15) is 0 Å². The summed E-state index contributed by atoms with van der Waals surface area (Å²) in [6, 6.07) is 3.51. The molecule has 2 aromatic heterocycles. The van der Waals surface area contributed by atoms with Crippen LogP contribution < -0.4 is 0 Å². The standard InChI is InChI=1S/C8H6N4.H2O4S.Pt/c1-3-9-7(10-4-1)8-11-5-2-6-12-8;1-5(2,3)4;/h1-6H;(H2,1,2,3,4);/q;;+2/p-2. The molecule has 0 amide bonds. The van der Waals surface area contributed by atoms with Crippen molar-refractivity contribution in [1.29, 1.82) is 0 Å². The summed E-state index contributed by atoms with van der Waals surface area (Å²) in [6.45, 7) is 0. The van der Waals surface area contributed by atoms with Crippen LogP contribution in [-0.4, -0.2) is 37.5 Å². The van der Waals surface area contributed by atoms with Crippen molar-refractivity contribution in [2.75, 3.05) is 0 Å². The van der Waals surface area contributed by atoms with Gasteiger partial charge in [-0.3, -0.25) is 8.42 Å². The average molecular weight is 449 g/mol. The number of hydrogen-bond donors (Lipinski definition) is 0. The predicted molar refractivity (Wildman–Crippen MR) is 53.5 cm³/mol. The van der Waals surface area contributed by atoms with E-state index < -0.39 is 10.4 Å². The third-order valence-corrected chi connectivity index (χ3v) is 1.33. The van der Waals surface area contributed by atoms with Crippen LogP contribution in [0.5, 0.6) is 0 Å². The van der Waals surface area contributed by atoms with Gasteiger partial charge in [0.2, 0.25) is 0 Å². The SMILES string of the molecule is O=S(=O)([O-])[O-].[Pt+2].c1cnc(-c2ncccn2)nc1. The molecular weight excluding hydrogens is 443 g/mol. The molecule has 0 aliphatic heterocycles. The van der Waals surface area contributed by atoms with Gasteiger partial charge in [-0.05, 0) is 12.1 Å². The van der Waals surface area contributed by atoms with Crippen molar-refractivity contribution in [3.63, 3.8) is 0 Å². The first-order valence-corrected chi connectivity index (χ1v) is 5.51. The van der Waals surface area contributed by atoms with E-state index in [9.17, 15) is 0 Å². The van der Waals surface area contributed by atoms with Crippen LogP contribution in [0.1, 0.15) is 0 Å². The van der Waals surface area contributed by atoms with E-state index in [4.69, 9.17) is 17.5 Å². The quantitative estimate of drug-likeness (QED) is 0.424. The van der Waals surface area contributed by atoms with E-state index in [1.807, 2.05) is 0 Å². The predicted octanol–water partition coefficient (Wildman–Crippen LogP) is -0.407. The summed E-state index contributed by atoms with van der Waals surface area (Å²) in [5, 5.41) is 0. The summed E-state index contributed by atoms with van der Waals surface area (Å²) in [5.41, 5.74) is 0. The Hall–Kier alpha value is -1.28. The second-order valence-electron chi connectivity index (χ2n) is 2.55. The minimum Gasteiger partial charge on any atom is -0.759 e. The first-order valence-electron chi connectivity index (χ1n) is 4.18. The molecule has 0 aliphatic rings. The molecule has 0 unspecified atom stereocenters. The Labute approximate surface area is 117 Å². The molecule has 0 aliphatic carbocycles. The summed E-state index contributed by atoms with van der Waals surface area (Å²) >= 11 is 0. The van der Waals surface area contributed by atoms with Crippen molar-refractivity contribution in [2.24, 2.45) is 0 Å². The zero-order valence-corrected chi connectivity index (χ0v) is 11.7. The van der Waals surface area contributed by atoms with Crippen molar-refractivity contribution in [2.45, 2.75) is 0 Å². The fourth-order valence-corrected chi connectivity index (χ4v) is 0.829. The Morgan fingerprint density at radius 3 is 1.22 bits per heavy atom. The van der Waals surface area contributed by atoms with Crippen LogP contribution in [0, 0.1) is 0 Å². The van der Waals surface area contributed by atoms with Crippen LogP contribution in [0.15, 0.2) is 36.9 Å². The van der Waals surface area contributed by atoms with Gasteiger partial charge >= 0.3 is 21.1 Å². The van der Waals surface area contributed by atoms with Gasteiger partial charge in [0.1, 0.15) is 0 Å². The van der Waals surface area contributed by atoms with Crippen LogP contribution in [-0.2, 0) is 31.5 Å². The number of hydrogen-bond acceptors (Lipinski definition) is 8. The Morgan fingerprint density at radius 2 is 1.00 bits per heavy atom.